The molecule has 1 aliphatic rings. The van der Waals surface area contributed by atoms with Crippen molar-refractivity contribution in [2.45, 2.75) is 46.6 Å². The number of amides is 1. The van der Waals surface area contributed by atoms with Crippen molar-refractivity contribution >= 4 is 5.91 Å². The summed E-state index contributed by atoms with van der Waals surface area (Å²) in [6, 6.07) is 0. The first kappa shape index (κ1) is 12.5. The van der Waals surface area contributed by atoms with Crippen LogP contribution < -0.4 is 0 Å². The van der Waals surface area contributed by atoms with Gasteiger partial charge in [-0.25, -0.2) is 0 Å². The fourth-order valence-corrected chi connectivity index (χ4v) is 1.77. The first-order valence-electron chi connectivity index (χ1n) is 5.75. The Morgan fingerprint density at radius 3 is 2.67 bits per heavy atom. The van der Waals surface area contributed by atoms with Crippen LogP contribution in [0.2, 0.25) is 0 Å². The second-order valence-electron chi connectivity index (χ2n) is 5.56. The summed E-state index contributed by atoms with van der Waals surface area (Å²) in [6.07, 6.45) is 2.43. The van der Waals surface area contributed by atoms with E-state index in [2.05, 4.69) is 20.8 Å². The lowest BCUT2D eigenvalue weighted by Crippen LogP contribution is -2.44. The van der Waals surface area contributed by atoms with Gasteiger partial charge in [0.25, 0.3) is 0 Å². The molecule has 3 heteroatoms. The summed E-state index contributed by atoms with van der Waals surface area (Å²) in [5.41, 5.74) is 0.349. The lowest BCUT2D eigenvalue weighted by atomic mass is 9.89. The zero-order valence-electron chi connectivity index (χ0n) is 10.4. The van der Waals surface area contributed by atoms with E-state index < -0.39 is 0 Å². The summed E-state index contributed by atoms with van der Waals surface area (Å²) in [5.74, 6) is 0.166. The van der Waals surface area contributed by atoms with Gasteiger partial charge >= 0.3 is 0 Å². The zero-order chi connectivity index (χ0) is 11.5. The second kappa shape index (κ2) is 4.97. The maximum atomic E-state index is 11.2. The van der Waals surface area contributed by atoms with E-state index >= 15 is 0 Å². The largest absolute Gasteiger partial charge is 0.375 e. The van der Waals surface area contributed by atoms with Crippen LogP contribution in [0.4, 0.5) is 0 Å². The average molecular weight is 213 g/mol. The molecule has 3 nitrogen and oxygen atoms in total. The molecule has 0 radical (unpaired) electrons. The van der Waals surface area contributed by atoms with E-state index in [4.69, 9.17) is 4.74 Å². The molecule has 1 aliphatic heterocycles. The van der Waals surface area contributed by atoms with Crippen LogP contribution >= 0.6 is 0 Å². The number of morpholine rings is 1. The third kappa shape index (κ3) is 4.65. The van der Waals surface area contributed by atoms with Crippen molar-refractivity contribution in [3.63, 3.8) is 0 Å². The summed E-state index contributed by atoms with van der Waals surface area (Å²) in [4.78, 5) is 13.1. The zero-order valence-corrected chi connectivity index (χ0v) is 10.4. The molecule has 0 aromatic carbocycles. The van der Waals surface area contributed by atoms with Gasteiger partial charge in [0.2, 0.25) is 5.91 Å². The van der Waals surface area contributed by atoms with E-state index in [1.807, 2.05) is 4.90 Å². The molecule has 1 atom stereocenters. The third-order valence-electron chi connectivity index (χ3n) is 2.80. The molecule has 1 amide bonds. The van der Waals surface area contributed by atoms with E-state index in [-0.39, 0.29) is 12.0 Å². The Morgan fingerprint density at radius 2 is 2.13 bits per heavy atom. The van der Waals surface area contributed by atoms with Gasteiger partial charge in [-0.05, 0) is 18.3 Å². The molecule has 1 heterocycles. The van der Waals surface area contributed by atoms with Crippen LogP contribution in [0.1, 0.15) is 40.5 Å². The number of carbonyl (C=O) groups excluding carboxylic acids is 1. The molecule has 1 rings (SSSR count). The quantitative estimate of drug-likeness (QED) is 0.702. The van der Waals surface area contributed by atoms with Crippen molar-refractivity contribution in [1.82, 2.24) is 4.90 Å². The van der Waals surface area contributed by atoms with Gasteiger partial charge in [0.15, 0.2) is 0 Å². The van der Waals surface area contributed by atoms with Crippen molar-refractivity contribution in [1.29, 1.82) is 0 Å². The van der Waals surface area contributed by atoms with E-state index in [0.717, 1.165) is 25.9 Å². The van der Waals surface area contributed by atoms with Gasteiger partial charge < -0.3 is 9.64 Å². The molecule has 0 N–H and O–H groups in total. The molecule has 0 spiro atoms. The average Bonchev–Trinajstić information content (AvgIpc) is 2.14. The normalized spacial score (nSPS) is 22.9. The number of carbonyl (C=O) groups is 1. The Labute approximate surface area is 92.8 Å². The molecule has 1 fully saturated rings. The maximum Gasteiger partial charge on any atom is 0.219 e. The van der Waals surface area contributed by atoms with E-state index in [1.165, 1.54) is 0 Å². The fourth-order valence-electron chi connectivity index (χ4n) is 1.77. The molecule has 0 saturated carbocycles. The Balaban J connectivity index is 2.34. The van der Waals surface area contributed by atoms with Gasteiger partial charge in [-0.2, -0.15) is 0 Å². The second-order valence-corrected chi connectivity index (χ2v) is 5.56. The minimum absolute atomic E-state index is 0.166. The summed E-state index contributed by atoms with van der Waals surface area (Å²) >= 11 is 0. The van der Waals surface area contributed by atoms with Gasteiger partial charge in [0.05, 0.1) is 12.7 Å². The summed E-state index contributed by atoms with van der Waals surface area (Å²) in [7, 11) is 0. The highest BCUT2D eigenvalue weighted by molar-refractivity contribution is 5.73. The number of nitrogens with zero attached hydrogens (tertiary/aromatic N) is 1. The van der Waals surface area contributed by atoms with Crippen LogP contribution in [-0.4, -0.2) is 36.6 Å². The summed E-state index contributed by atoms with van der Waals surface area (Å²) in [6.45, 7) is 10.5. The Hall–Kier alpha value is -0.570. The predicted molar refractivity (Wildman–Crippen MR) is 60.7 cm³/mol. The molecular formula is C12H23NO2. The molecule has 0 bridgehead atoms. The highest BCUT2D eigenvalue weighted by Gasteiger charge is 2.23. The Bertz CT molecular complexity index is 220. The molecule has 1 unspecified atom stereocenters. The van der Waals surface area contributed by atoms with E-state index in [9.17, 15) is 4.79 Å². The Morgan fingerprint density at radius 1 is 1.47 bits per heavy atom. The number of ether oxygens (including phenoxy) is 1. The van der Waals surface area contributed by atoms with Crippen molar-refractivity contribution in [2.75, 3.05) is 19.7 Å². The van der Waals surface area contributed by atoms with Crippen LogP contribution in [0.5, 0.6) is 0 Å². The third-order valence-corrected chi connectivity index (χ3v) is 2.80. The Kier molecular flexibility index (Phi) is 4.14. The fraction of sp³-hybridized carbons (Fsp3) is 0.917. The standard InChI is InChI=1S/C12H23NO2/c1-10(14)13-7-8-15-11(9-13)5-6-12(2,3)4/h11H,5-9H2,1-4H3. The van der Waals surface area contributed by atoms with Gasteiger partial charge in [-0.3, -0.25) is 4.79 Å². The van der Waals surface area contributed by atoms with Gasteiger partial charge in [0.1, 0.15) is 0 Å². The first-order valence-corrected chi connectivity index (χ1v) is 5.75. The summed E-state index contributed by atoms with van der Waals surface area (Å²) in [5, 5.41) is 0. The molecule has 0 aliphatic carbocycles. The van der Waals surface area contributed by atoms with Crippen LogP contribution in [0.25, 0.3) is 0 Å². The van der Waals surface area contributed by atoms with Gasteiger partial charge in [0, 0.05) is 20.0 Å². The number of hydrogen-bond acceptors (Lipinski definition) is 2. The predicted octanol–water partition coefficient (Wildman–Crippen LogP) is 2.06. The number of hydrogen-bond donors (Lipinski definition) is 0. The van der Waals surface area contributed by atoms with Crippen molar-refractivity contribution in [3.8, 4) is 0 Å². The summed E-state index contributed by atoms with van der Waals surface area (Å²) < 4.78 is 5.66. The minimum atomic E-state index is 0.166. The van der Waals surface area contributed by atoms with Crippen LogP contribution in [0.3, 0.4) is 0 Å². The minimum Gasteiger partial charge on any atom is -0.375 e. The van der Waals surface area contributed by atoms with Gasteiger partial charge in [-0.1, -0.05) is 20.8 Å². The van der Waals surface area contributed by atoms with E-state index in [1.54, 1.807) is 6.92 Å². The molecular weight excluding hydrogens is 190 g/mol. The molecule has 0 aromatic heterocycles. The van der Waals surface area contributed by atoms with Crippen molar-refractivity contribution in [2.24, 2.45) is 5.41 Å². The molecule has 0 aromatic rings. The molecule has 15 heavy (non-hydrogen) atoms. The smallest absolute Gasteiger partial charge is 0.219 e. The van der Waals surface area contributed by atoms with Gasteiger partial charge in [-0.15, -0.1) is 0 Å². The highest BCUT2D eigenvalue weighted by atomic mass is 16.5. The number of rotatable bonds is 2. The van der Waals surface area contributed by atoms with Crippen LogP contribution in [-0.2, 0) is 9.53 Å². The van der Waals surface area contributed by atoms with Crippen LogP contribution in [0, 0.1) is 5.41 Å². The van der Waals surface area contributed by atoms with Crippen molar-refractivity contribution in [3.05, 3.63) is 0 Å². The highest BCUT2D eigenvalue weighted by Crippen LogP contribution is 2.23. The van der Waals surface area contributed by atoms with E-state index in [0.29, 0.717) is 12.0 Å². The molecule has 1 saturated heterocycles. The SMILES string of the molecule is CC(=O)N1CCOC(CCC(C)(C)C)C1. The van der Waals surface area contributed by atoms with Crippen molar-refractivity contribution < 1.29 is 9.53 Å². The monoisotopic (exact) mass is 213 g/mol. The van der Waals surface area contributed by atoms with Crippen LogP contribution in [0.15, 0.2) is 0 Å². The lowest BCUT2D eigenvalue weighted by molar-refractivity contribution is -0.136. The lowest BCUT2D eigenvalue weighted by Gasteiger charge is -2.33. The topological polar surface area (TPSA) is 29.5 Å². The molecule has 88 valence electrons. The maximum absolute atomic E-state index is 11.2. The first-order chi connectivity index (χ1) is 6.88.